The zero-order valence-corrected chi connectivity index (χ0v) is 10.8. The first-order valence-corrected chi connectivity index (χ1v) is 6.47. The summed E-state index contributed by atoms with van der Waals surface area (Å²) < 4.78 is 0. The van der Waals surface area contributed by atoms with E-state index in [4.69, 9.17) is 0 Å². The van der Waals surface area contributed by atoms with Crippen molar-refractivity contribution >= 4 is 6.08 Å². The third-order valence-corrected chi connectivity index (χ3v) is 2.88. The maximum Gasteiger partial charge on any atom is 0.0824 e. The van der Waals surface area contributed by atoms with E-state index in [1.807, 2.05) is 72.8 Å². The van der Waals surface area contributed by atoms with Crippen LogP contribution in [0.4, 0.5) is 0 Å². The van der Waals surface area contributed by atoms with Gasteiger partial charge in [-0.1, -0.05) is 85.0 Å². The summed E-state index contributed by atoms with van der Waals surface area (Å²) >= 11 is 0. The van der Waals surface area contributed by atoms with Crippen LogP contribution in [0.2, 0.25) is 0 Å². The van der Waals surface area contributed by atoms with Crippen molar-refractivity contribution in [1.29, 1.82) is 0 Å². The molecule has 1 unspecified atom stereocenters. The van der Waals surface area contributed by atoms with Crippen LogP contribution in [-0.4, -0.2) is 5.11 Å². The summed E-state index contributed by atoms with van der Waals surface area (Å²) in [7, 11) is 0. The maximum atomic E-state index is 9.96. The maximum absolute atomic E-state index is 9.96. The predicted octanol–water partition coefficient (Wildman–Crippen LogP) is 4.38. The second-order valence-corrected chi connectivity index (χ2v) is 4.36. The Balaban J connectivity index is 1.82. The van der Waals surface area contributed by atoms with Gasteiger partial charge in [-0.15, -0.1) is 0 Å². The molecular formula is C18H18O. The Morgan fingerprint density at radius 1 is 0.842 bits per heavy atom. The molecule has 2 aromatic rings. The molecule has 0 fully saturated rings. The van der Waals surface area contributed by atoms with Crippen LogP contribution in [0.15, 0.2) is 78.9 Å². The van der Waals surface area contributed by atoms with E-state index in [0.29, 0.717) is 6.42 Å². The number of aliphatic hydroxyl groups excluding tert-OH is 1. The van der Waals surface area contributed by atoms with Gasteiger partial charge in [0.25, 0.3) is 0 Å². The molecule has 0 bridgehead atoms. The smallest absolute Gasteiger partial charge is 0.0824 e. The van der Waals surface area contributed by atoms with Gasteiger partial charge in [-0.2, -0.15) is 0 Å². The van der Waals surface area contributed by atoms with Crippen molar-refractivity contribution in [2.24, 2.45) is 0 Å². The van der Waals surface area contributed by atoms with Gasteiger partial charge in [0, 0.05) is 0 Å². The van der Waals surface area contributed by atoms with Crippen LogP contribution in [0, 0.1) is 0 Å². The molecule has 0 radical (unpaired) electrons. The summed E-state index contributed by atoms with van der Waals surface area (Å²) in [5.74, 6) is 0. The Labute approximate surface area is 114 Å². The summed E-state index contributed by atoms with van der Waals surface area (Å²) in [4.78, 5) is 0. The van der Waals surface area contributed by atoms with Gasteiger partial charge in [-0.3, -0.25) is 0 Å². The zero-order chi connectivity index (χ0) is 13.3. The summed E-state index contributed by atoms with van der Waals surface area (Å²) in [5, 5.41) is 9.96. The topological polar surface area (TPSA) is 20.2 Å². The summed E-state index contributed by atoms with van der Waals surface area (Å²) in [6, 6.07) is 19.9. The average molecular weight is 250 g/mol. The normalized spacial score (nSPS) is 13.1. The van der Waals surface area contributed by atoms with Crippen LogP contribution >= 0.6 is 0 Å². The van der Waals surface area contributed by atoms with Crippen molar-refractivity contribution in [3.63, 3.8) is 0 Å². The van der Waals surface area contributed by atoms with E-state index < -0.39 is 6.10 Å². The average Bonchev–Trinajstić information content (AvgIpc) is 2.49. The molecule has 0 amide bonds. The van der Waals surface area contributed by atoms with Gasteiger partial charge in [0.2, 0.25) is 0 Å². The van der Waals surface area contributed by atoms with Crippen molar-refractivity contribution in [2.45, 2.75) is 12.5 Å². The SMILES string of the molecule is OC(CC=CC=Cc1ccccc1)c1ccccc1. The van der Waals surface area contributed by atoms with Crippen LogP contribution in [0.1, 0.15) is 23.7 Å². The highest BCUT2D eigenvalue weighted by Crippen LogP contribution is 2.16. The zero-order valence-electron chi connectivity index (χ0n) is 10.8. The number of hydrogen-bond acceptors (Lipinski definition) is 1. The Morgan fingerprint density at radius 2 is 1.47 bits per heavy atom. The fraction of sp³-hybridized carbons (Fsp3) is 0.111. The first kappa shape index (κ1) is 13.3. The van der Waals surface area contributed by atoms with Crippen LogP contribution < -0.4 is 0 Å². The second-order valence-electron chi connectivity index (χ2n) is 4.36. The summed E-state index contributed by atoms with van der Waals surface area (Å²) in [5.41, 5.74) is 2.13. The number of rotatable bonds is 5. The monoisotopic (exact) mass is 250 g/mol. The second kappa shape index (κ2) is 7.34. The lowest BCUT2D eigenvalue weighted by Gasteiger charge is -2.06. The number of allylic oxidation sites excluding steroid dienone is 2. The number of hydrogen-bond donors (Lipinski definition) is 1. The summed E-state index contributed by atoms with van der Waals surface area (Å²) in [6.45, 7) is 0. The third-order valence-electron chi connectivity index (χ3n) is 2.88. The van der Waals surface area contributed by atoms with Crippen LogP contribution in [0.3, 0.4) is 0 Å². The van der Waals surface area contributed by atoms with Crippen molar-refractivity contribution in [1.82, 2.24) is 0 Å². The fourth-order valence-corrected chi connectivity index (χ4v) is 1.83. The number of benzene rings is 2. The standard InChI is InChI=1S/C18H18O/c19-18(17-13-7-3-8-14-17)15-9-2-6-12-16-10-4-1-5-11-16/h1-14,18-19H,15H2. The highest BCUT2D eigenvalue weighted by atomic mass is 16.3. The van der Waals surface area contributed by atoms with E-state index in [9.17, 15) is 5.11 Å². The minimum absolute atomic E-state index is 0.428. The van der Waals surface area contributed by atoms with Gasteiger partial charge in [0.15, 0.2) is 0 Å². The molecular weight excluding hydrogens is 232 g/mol. The van der Waals surface area contributed by atoms with Gasteiger partial charge in [-0.05, 0) is 17.5 Å². The van der Waals surface area contributed by atoms with Crippen LogP contribution in [-0.2, 0) is 0 Å². The molecule has 0 aromatic heterocycles. The molecule has 19 heavy (non-hydrogen) atoms. The Kier molecular flexibility index (Phi) is 5.15. The van der Waals surface area contributed by atoms with Gasteiger partial charge in [-0.25, -0.2) is 0 Å². The largest absolute Gasteiger partial charge is 0.388 e. The number of aliphatic hydroxyl groups is 1. The third kappa shape index (κ3) is 4.57. The molecule has 1 N–H and O–H groups in total. The molecule has 2 aromatic carbocycles. The van der Waals surface area contributed by atoms with E-state index in [-0.39, 0.29) is 0 Å². The molecule has 0 heterocycles. The minimum Gasteiger partial charge on any atom is -0.388 e. The van der Waals surface area contributed by atoms with Crippen molar-refractivity contribution in [3.05, 3.63) is 90.0 Å². The van der Waals surface area contributed by atoms with Gasteiger partial charge >= 0.3 is 0 Å². The van der Waals surface area contributed by atoms with Gasteiger partial charge < -0.3 is 5.11 Å². The molecule has 0 saturated heterocycles. The first-order valence-electron chi connectivity index (χ1n) is 6.47. The van der Waals surface area contributed by atoms with Gasteiger partial charge in [0.1, 0.15) is 0 Å². The molecule has 2 rings (SSSR count). The lowest BCUT2D eigenvalue weighted by molar-refractivity contribution is 0.181. The first-order chi connectivity index (χ1) is 9.36. The Hall–Kier alpha value is -2.12. The van der Waals surface area contributed by atoms with Crippen molar-refractivity contribution in [2.75, 3.05) is 0 Å². The van der Waals surface area contributed by atoms with E-state index in [2.05, 4.69) is 12.1 Å². The van der Waals surface area contributed by atoms with E-state index in [1.54, 1.807) is 0 Å². The van der Waals surface area contributed by atoms with E-state index in [1.165, 1.54) is 5.56 Å². The highest BCUT2D eigenvalue weighted by molar-refractivity contribution is 5.50. The highest BCUT2D eigenvalue weighted by Gasteiger charge is 2.02. The molecule has 1 heteroatoms. The quantitative estimate of drug-likeness (QED) is 0.781. The van der Waals surface area contributed by atoms with Crippen molar-refractivity contribution < 1.29 is 5.11 Å². The van der Waals surface area contributed by atoms with Gasteiger partial charge in [0.05, 0.1) is 6.10 Å². The van der Waals surface area contributed by atoms with Crippen LogP contribution in [0.25, 0.3) is 6.08 Å². The minimum atomic E-state index is -0.428. The van der Waals surface area contributed by atoms with Crippen LogP contribution in [0.5, 0.6) is 0 Å². The molecule has 1 atom stereocenters. The molecule has 96 valence electrons. The Morgan fingerprint density at radius 3 is 2.16 bits per heavy atom. The van der Waals surface area contributed by atoms with Crippen molar-refractivity contribution in [3.8, 4) is 0 Å². The molecule has 0 aliphatic heterocycles. The Bertz CT molecular complexity index is 526. The van der Waals surface area contributed by atoms with E-state index >= 15 is 0 Å². The lowest BCUT2D eigenvalue weighted by Crippen LogP contribution is -1.94. The predicted molar refractivity (Wildman–Crippen MR) is 80.6 cm³/mol. The summed E-state index contributed by atoms with van der Waals surface area (Å²) in [6.07, 6.45) is 8.19. The molecule has 0 aliphatic carbocycles. The fourth-order valence-electron chi connectivity index (χ4n) is 1.83. The molecule has 0 saturated carbocycles. The molecule has 1 nitrogen and oxygen atoms in total. The molecule has 0 spiro atoms. The molecule has 0 aliphatic rings. The lowest BCUT2D eigenvalue weighted by atomic mass is 10.1. The van der Waals surface area contributed by atoms with E-state index in [0.717, 1.165) is 5.56 Å².